The Hall–Kier alpha value is -2.70. The number of carbonyl (C=O) groups excluding carboxylic acids is 1. The fourth-order valence-corrected chi connectivity index (χ4v) is 2.95. The van der Waals surface area contributed by atoms with Crippen molar-refractivity contribution in [2.75, 3.05) is 37.7 Å². The lowest BCUT2D eigenvalue weighted by molar-refractivity contribution is -0.133. The van der Waals surface area contributed by atoms with Gasteiger partial charge in [-0.2, -0.15) is 0 Å². The van der Waals surface area contributed by atoms with Crippen molar-refractivity contribution in [2.45, 2.75) is 26.7 Å². The highest BCUT2D eigenvalue weighted by molar-refractivity contribution is 5.78. The molecule has 0 unspecified atom stereocenters. The number of benzene rings is 1. The van der Waals surface area contributed by atoms with E-state index in [9.17, 15) is 9.18 Å². The van der Waals surface area contributed by atoms with Crippen LogP contribution in [-0.4, -0.2) is 53.6 Å². The highest BCUT2D eigenvalue weighted by atomic mass is 19.1. The van der Waals surface area contributed by atoms with Crippen LogP contribution in [0.2, 0.25) is 0 Å². The van der Waals surface area contributed by atoms with Crippen molar-refractivity contribution in [2.24, 2.45) is 0 Å². The molecule has 2 heterocycles. The van der Waals surface area contributed by atoms with Crippen LogP contribution in [0, 0.1) is 12.7 Å². The SMILES string of the molecule is Cc1cc(N2CCN(C(=O)COc3ccc(F)cc3)CC2)nc(C(C)C)n1. The molecule has 1 amide bonds. The second-order valence-corrected chi connectivity index (χ2v) is 6.99. The summed E-state index contributed by atoms with van der Waals surface area (Å²) in [4.78, 5) is 25.5. The standard InChI is InChI=1S/C20H25FN4O2/c1-14(2)20-22-15(3)12-18(23-20)24-8-10-25(11-9-24)19(26)13-27-17-6-4-16(21)5-7-17/h4-7,12,14H,8-11,13H2,1-3H3. The molecule has 0 atom stereocenters. The number of hydrogen-bond acceptors (Lipinski definition) is 5. The van der Waals surface area contributed by atoms with Crippen molar-refractivity contribution < 1.29 is 13.9 Å². The predicted molar refractivity (Wildman–Crippen MR) is 102 cm³/mol. The average molecular weight is 372 g/mol. The monoisotopic (exact) mass is 372 g/mol. The lowest BCUT2D eigenvalue weighted by Crippen LogP contribution is -2.50. The third-order valence-electron chi connectivity index (χ3n) is 4.51. The van der Waals surface area contributed by atoms with Crippen molar-refractivity contribution in [3.63, 3.8) is 0 Å². The van der Waals surface area contributed by atoms with E-state index in [-0.39, 0.29) is 24.2 Å². The zero-order valence-corrected chi connectivity index (χ0v) is 16.0. The Labute approximate surface area is 159 Å². The van der Waals surface area contributed by atoms with Crippen LogP contribution in [0.4, 0.5) is 10.2 Å². The Kier molecular flexibility index (Phi) is 5.88. The lowest BCUT2D eigenvalue weighted by Gasteiger charge is -2.35. The first-order valence-electron chi connectivity index (χ1n) is 9.19. The van der Waals surface area contributed by atoms with Crippen molar-refractivity contribution in [3.8, 4) is 5.75 Å². The highest BCUT2D eigenvalue weighted by Gasteiger charge is 2.23. The molecule has 0 bridgehead atoms. The van der Waals surface area contributed by atoms with Crippen LogP contribution in [0.5, 0.6) is 5.75 Å². The molecule has 1 saturated heterocycles. The van der Waals surface area contributed by atoms with Gasteiger partial charge in [0.25, 0.3) is 5.91 Å². The van der Waals surface area contributed by atoms with Gasteiger partial charge in [-0.1, -0.05) is 13.8 Å². The first-order valence-corrected chi connectivity index (χ1v) is 9.19. The molecule has 0 spiro atoms. The molecule has 1 aliphatic heterocycles. The number of nitrogens with zero attached hydrogens (tertiary/aromatic N) is 4. The molecule has 0 aliphatic carbocycles. The molecule has 1 aromatic heterocycles. The first-order chi connectivity index (χ1) is 12.9. The van der Waals surface area contributed by atoms with Gasteiger partial charge in [-0.05, 0) is 31.2 Å². The van der Waals surface area contributed by atoms with Gasteiger partial charge >= 0.3 is 0 Å². The van der Waals surface area contributed by atoms with Gasteiger partial charge in [0, 0.05) is 43.9 Å². The summed E-state index contributed by atoms with van der Waals surface area (Å²) in [5.74, 6) is 2.12. The Morgan fingerprint density at radius 1 is 1.15 bits per heavy atom. The van der Waals surface area contributed by atoms with Crippen LogP contribution >= 0.6 is 0 Å². The van der Waals surface area contributed by atoms with E-state index in [0.717, 1.165) is 30.4 Å². The van der Waals surface area contributed by atoms with Crippen LogP contribution in [0.15, 0.2) is 30.3 Å². The molecule has 1 fully saturated rings. The average Bonchev–Trinajstić information content (AvgIpc) is 2.67. The smallest absolute Gasteiger partial charge is 0.260 e. The summed E-state index contributed by atoms with van der Waals surface area (Å²) in [6.07, 6.45) is 0. The first kappa shape index (κ1) is 19.1. The maximum absolute atomic E-state index is 12.9. The molecule has 1 aromatic carbocycles. The normalized spacial score (nSPS) is 14.6. The summed E-state index contributed by atoms with van der Waals surface area (Å²) in [5.41, 5.74) is 0.954. The van der Waals surface area contributed by atoms with Gasteiger partial charge in [0.2, 0.25) is 0 Å². The number of anilines is 1. The van der Waals surface area contributed by atoms with Crippen molar-refractivity contribution in [1.82, 2.24) is 14.9 Å². The summed E-state index contributed by atoms with van der Waals surface area (Å²) in [6.45, 7) is 8.76. The maximum atomic E-state index is 12.9. The van der Waals surface area contributed by atoms with Crippen LogP contribution < -0.4 is 9.64 Å². The largest absolute Gasteiger partial charge is 0.484 e. The Bertz CT molecular complexity index is 787. The van der Waals surface area contributed by atoms with Gasteiger partial charge in [0.1, 0.15) is 23.2 Å². The van der Waals surface area contributed by atoms with Crippen molar-refractivity contribution in [1.29, 1.82) is 0 Å². The van der Waals surface area contributed by atoms with Gasteiger partial charge in [0.15, 0.2) is 6.61 Å². The van der Waals surface area contributed by atoms with E-state index in [2.05, 4.69) is 28.7 Å². The number of aryl methyl sites for hydroxylation is 1. The van der Waals surface area contributed by atoms with Crippen molar-refractivity contribution in [3.05, 3.63) is 47.7 Å². The summed E-state index contributed by atoms with van der Waals surface area (Å²) in [6, 6.07) is 7.65. The summed E-state index contributed by atoms with van der Waals surface area (Å²) in [7, 11) is 0. The molecule has 3 rings (SSSR count). The second kappa shape index (κ2) is 8.33. The van der Waals surface area contributed by atoms with E-state index in [1.54, 1.807) is 4.90 Å². The highest BCUT2D eigenvalue weighted by Crippen LogP contribution is 2.19. The number of aromatic nitrogens is 2. The number of amides is 1. The number of carbonyl (C=O) groups is 1. The molecular weight excluding hydrogens is 347 g/mol. The topological polar surface area (TPSA) is 58.6 Å². The van der Waals surface area contributed by atoms with Gasteiger partial charge in [-0.25, -0.2) is 14.4 Å². The number of hydrogen-bond donors (Lipinski definition) is 0. The molecule has 0 saturated carbocycles. The Morgan fingerprint density at radius 3 is 2.44 bits per heavy atom. The molecule has 144 valence electrons. The van der Waals surface area contributed by atoms with Gasteiger partial charge < -0.3 is 14.5 Å². The fourth-order valence-electron chi connectivity index (χ4n) is 2.95. The molecule has 1 aliphatic rings. The van der Waals surface area contributed by atoms with Crippen LogP contribution in [-0.2, 0) is 4.79 Å². The molecular formula is C20H25FN4O2. The van der Waals surface area contributed by atoms with E-state index in [1.165, 1.54) is 24.3 Å². The van der Waals surface area contributed by atoms with Crippen LogP contribution in [0.1, 0.15) is 31.3 Å². The Morgan fingerprint density at radius 2 is 1.81 bits per heavy atom. The van der Waals surface area contributed by atoms with E-state index in [1.807, 2.05) is 13.0 Å². The number of piperazine rings is 1. The molecule has 6 nitrogen and oxygen atoms in total. The number of halogens is 1. The zero-order chi connectivity index (χ0) is 19.4. The van der Waals surface area contributed by atoms with Gasteiger partial charge in [-0.15, -0.1) is 0 Å². The molecule has 0 N–H and O–H groups in total. The minimum absolute atomic E-state index is 0.0459. The van der Waals surface area contributed by atoms with Gasteiger partial charge in [0.05, 0.1) is 0 Å². The Balaban J connectivity index is 1.54. The predicted octanol–water partition coefficient (Wildman–Crippen LogP) is 2.78. The summed E-state index contributed by atoms with van der Waals surface area (Å²) < 4.78 is 18.4. The van der Waals surface area contributed by atoms with E-state index in [0.29, 0.717) is 18.8 Å². The summed E-state index contributed by atoms with van der Waals surface area (Å²) >= 11 is 0. The third kappa shape index (κ3) is 4.93. The van der Waals surface area contributed by atoms with E-state index < -0.39 is 0 Å². The molecule has 7 heteroatoms. The van der Waals surface area contributed by atoms with E-state index in [4.69, 9.17) is 4.74 Å². The second-order valence-electron chi connectivity index (χ2n) is 6.99. The zero-order valence-electron chi connectivity index (χ0n) is 16.0. The minimum Gasteiger partial charge on any atom is -0.484 e. The van der Waals surface area contributed by atoms with Crippen LogP contribution in [0.3, 0.4) is 0 Å². The lowest BCUT2D eigenvalue weighted by atomic mass is 10.2. The van der Waals surface area contributed by atoms with Crippen LogP contribution in [0.25, 0.3) is 0 Å². The molecule has 0 radical (unpaired) electrons. The van der Waals surface area contributed by atoms with Gasteiger partial charge in [-0.3, -0.25) is 4.79 Å². The number of ether oxygens (including phenoxy) is 1. The quantitative estimate of drug-likeness (QED) is 0.808. The van der Waals surface area contributed by atoms with Crippen molar-refractivity contribution >= 4 is 11.7 Å². The summed E-state index contributed by atoms with van der Waals surface area (Å²) in [5, 5.41) is 0. The molecule has 27 heavy (non-hydrogen) atoms. The molecule has 2 aromatic rings. The van der Waals surface area contributed by atoms with E-state index >= 15 is 0 Å². The third-order valence-corrected chi connectivity index (χ3v) is 4.51. The number of rotatable bonds is 5. The maximum Gasteiger partial charge on any atom is 0.260 e. The minimum atomic E-state index is -0.328. The fraction of sp³-hybridized carbons (Fsp3) is 0.450.